The minimum atomic E-state index is 0.352. The molecule has 1 saturated heterocycles. The second-order valence-electron chi connectivity index (χ2n) is 3.92. The quantitative estimate of drug-likeness (QED) is 0.611. The van der Waals surface area contributed by atoms with Crippen LogP contribution < -0.4 is 5.32 Å². The summed E-state index contributed by atoms with van der Waals surface area (Å²) in [6, 6.07) is 0. The molecule has 0 aromatic carbocycles. The summed E-state index contributed by atoms with van der Waals surface area (Å²) in [5.41, 5.74) is 0.352. The molecule has 0 spiro atoms. The van der Waals surface area contributed by atoms with Gasteiger partial charge in [0.2, 0.25) is 0 Å². The van der Waals surface area contributed by atoms with Crippen LogP contribution >= 0.6 is 0 Å². The summed E-state index contributed by atoms with van der Waals surface area (Å²) in [4.78, 5) is 2.55. The van der Waals surface area contributed by atoms with Crippen molar-refractivity contribution in [3.63, 3.8) is 0 Å². The Morgan fingerprint density at radius 2 is 2.18 bits per heavy atom. The highest BCUT2D eigenvalue weighted by molar-refractivity contribution is 4.85. The Labute approximate surface area is 70.0 Å². The van der Waals surface area contributed by atoms with Crippen molar-refractivity contribution in [1.29, 1.82) is 0 Å². The molecule has 0 atom stereocenters. The number of hydrogen-bond donors (Lipinski definition) is 1. The molecule has 0 unspecified atom stereocenters. The Hall–Kier alpha value is -0.0800. The van der Waals surface area contributed by atoms with E-state index in [0.717, 1.165) is 6.54 Å². The third kappa shape index (κ3) is 2.17. The van der Waals surface area contributed by atoms with E-state index in [1.807, 2.05) is 0 Å². The lowest BCUT2D eigenvalue weighted by Gasteiger charge is -2.35. The lowest BCUT2D eigenvalue weighted by Crippen LogP contribution is -2.48. The Balaban J connectivity index is 2.56. The van der Waals surface area contributed by atoms with Gasteiger partial charge in [-0.3, -0.25) is 4.90 Å². The van der Waals surface area contributed by atoms with Crippen molar-refractivity contribution < 1.29 is 0 Å². The van der Waals surface area contributed by atoms with Crippen molar-refractivity contribution in [2.75, 3.05) is 26.2 Å². The first-order valence-electron chi connectivity index (χ1n) is 4.62. The average molecular weight is 156 g/mol. The van der Waals surface area contributed by atoms with Gasteiger partial charge in [-0.25, -0.2) is 0 Å². The van der Waals surface area contributed by atoms with E-state index in [1.165, 1.54) is 26.1 Å². The Morgan fingerprint density at radius 1 is 1.45 bits per heavy atom. The molecule has 1 aliphatic heterocycles. The molecule has 2 nitrogen and oxygen atoms in total. The molecule has 11 heavy (non-hydrogen) atoms. The van der Waals surface area contributed by atoms with E-state index < -0.39 is 0 Å². The van der Waals surface area contributed by atoms with Gasteiger partial charge < -0.3 is 5.32 Å². The summed E-state index contributed by atoms with van der Waals surface area (Å²) in [7, 11) is 0. The minimum absolute atomic E-state index is 0.352. The van der Waals surface area contributed by atoms with Crippen molar-refractivity contribution in [2.24, 2.45) is 0 Å². The van der Waals surface area contributed by atoms with E-state index in [0.29, 0.717) is 5.54 Å². The topological polar surface area (TPSA) is 15.3 Å². The van der Waals surface area contributed by atoms with E-state index in [-0.39, 0.29) is 0 Å². The molecule has 66 valence electrons. The predicted molar refractivity (Wildman–Crippen MR) is 48.8 cm³/mol. The van der Waals surface area contributed by atoms with Crippen LogP contribution in [-0.2, 0) is 0 Å². The van der Waals surface area contributed by atoms with Crippen molar-refractivity contribution in [3.05, 3.63) is 0 Å². The number of nitrogens with zero attached hydrogens (tertiary/aromatic N) is 1. The molecule has 1 fully saturated rings. The van der Waals surface area contributed by atoms with Crippen LogP contribution in [0.15, 0.2) is 0 Å². The van der Waals surface area contributed by atoms with Gasteiger partial charge >= 0.3 is 0 Å². The van der Waals surface area contributed by atoms with Crippen molar-refractivity contribution in [3.8, 4) is 0 Å². The van der Waals surface area contributed by atoms with Crippen LogP contribution in [0.3, 0.4) is 0 Å². The third-order valence-electron chi connectivity index (χ3n) is 2.58. The molecule has 1 rings (SSSR count). The first kappa shape index (κ1) is 9.01. The highest BCUT2D eigenvalue weighted by Gasteiger charge is 2.26. The maximum atomic E-state index is 3.46. The zero-order chi connectivity index (χ0) is 8.32. The summed E-state index contributed by atoms with van der Waals surface area (Å²) in [5.74, 6) is 0. The van der Waals surface area contributed by atoms with E-state index in [4.69, 9.17) is 0 Å². The minimum Gasteiger partial charge on any atom is -0.315 e. The molecule has 1 N–H and O–H groups in total. The van der Waals surface area contributed by atoms with Gasteiger partial charge in [-0.05, 0) is 39.9 Å². The molecule has 0 bridgehead atoms. The van der Waals surface area contributed by atoms with Gasteiger partial charge in [-0.1, -0.05) is 6.92 Å². The molecule has 0 amide bonds. The monoisotopic (exact) mass is 156 g/mol. The molecule has 0 radical (unpaired) electrons. The molecule has 0 aliphatic carbocycles. The normalized spacial score (nSPS) is 26.5. The zero-order valence-corrected chi connectivity index (χ0v) is 7.98. The van der Waals surface area contributed by atoms with Gasteiger partial charge in [-0.2, -0.15) is 0 Å². The first-order valence-corrected chi connectivity index (χ1v) is 4.62. The summed E-state index contributed by atoms with van der Waals surface area (Å²) < 4.78 is 0. The van der Waals surface area contributed by atoms with Crippen LogP contribution in [0.2, 0.25) is 0 Å². The summed E-state index contributed by atoms with van der Waals surface area (Å²) >= 11 is 0. The highest BCUT2D eigenvalue weighted by atomic mass is 15.2. The van der Waals surface area contributed by atoms with Crippen LogP contribution in [0.5, 0.6) is 0 Å². The van der Waals surface area contributed by atoms with Gasteiger partial charge in [0.05, 0.1) is 0 Å². The standard InChI is InChI=1S/C9H20N2/c1-4-11-7-5-6-10-8-9(11,2)3/h10H,4-8H2,1-3H3. The van der Waals surface area contributed by atoms with Crippen LogP contribution in [-0.4, -0.2) is 36.6 Å². The van der Waals surface area contributed by atoms with Crippen LogP contribution in [0.25, 0.3) is 0 Å². The van der Waals surface area contributed by atoms with Crippen LogP contribution in [0.1, 0.15) is 27.2 Å². The average Bonchev–Trinajstić information content (AvgIpc) is 2.10. The number of likely N-dealkylation sites (N-methyl/N-ethyl adjacent to an activating group) is 1. The molecule has 1 aliphatic rings. The van der Waals surface area contributed by atoms with Gasteiger partial charge in [0.15, 0.2) is 0 Å². The van der Waals surface area contributed by atoms with Gasteiger partial charge in [0.1, 0.15) is 0 Å². The predicted octanol–water partition coefficient (Wildman–Crippen LogP) is 1.08. The second kappa shape index (κ2) is 3.55. The Morgan fingerprint density at radius 3 is 2.82 bits per heavy atom. The smallest absolute Gasteiger partial charge is 0.0277 e. The molecule has 0 aromatic rings. The highest BCUT2D eigenvalue weighted by Crippen LogP contribution is 2.15. The fraction of sp³-hybridized carbons (Fsp3) is 1.00. The van der Waals surface area contributed by atoms with E-state index >= 15 is 0 Å². The van der Waals surface area contributed by atoms with Gasteiger partial charge in [0, 0.05) is 12.1 Å². The van der Waals surface area contributed by atoms with E-state index in [9.17, 15) is 0 Å². The van der Waals surface area contributed by atoms with Crippen molar-refractivity contribution in [2.45, 2.75) is 32.7 Å². The molecule has 0 aromatic heterocycles. The lowest BCUT2D eigenvalue weighted by atomic mass is 10.0. The number of hydrogen-bond acceptors (Lipinski definition) is 2. The fourth-order valence-corrected chi connectivity index (χ4v) is 1.79. The third-order valence-corrected chi connectivity index (χ3v) is 2.58. The Kier molecular flexibility index (Phi) is 2.90. The second-order valence-corrected chi connectivity index (χ2v) is 3.92. The lowest BCUT2D eigenvalue weighted by molar-refractivity contribution is 0.141. The largest absolute Gasteiger partial charge is 0.315 e. The molecular formula is C9H20N2. The summed E-state index contributed by atoms with van der Waals surface area (Å²) in [6.07, 6.45) is 1.29. The fourth-order valence-electron chi connectivity index (χ4n) is 1.79. The van der Waals surface area contributed by atoms with Gasteiger partial charge in [0.25, 0.3) is 0 Å². The summed E-state index contributed by atoms with van der Waals surface area (Å²) in [6.45, 7) is 11.6. The number of nitrogens with one attached hydrogen (secondary N) is 1. The summed E-state index contributed by atoms with van der Waals surface area (Å²) in [5, 5.41) is 3.46. The zero-order valence-electron chi connectivity index (χ0n) is 7.98. The first-order chi connectivity index (χ1) is 5.17. The van der Waals surface area contributed by atoms with E-state index in [2.05, 4.69) is 31.0 Å². The molecular weight excluding hydrogens is 136 g/mol. The Bertz CT molecular complexity index is 121. The van der Waals surface area contributed by atoms with E-state index in [1.54, 1.807) is 0 Å². The SMILES string of the molecule is CCN1CCCNCC1(C)C. The van der Waals surface area contributed by atoms with Crippen LogP contribution in [0.4, 0.5) is 0 Å². The van der Waals surface area contributed by atoms with Crippen molar-refractivity contribution >= 4 is 0 Å². The van der Waals surface area contributed by atoms with Crippen molar-refractivity contribution in [1.82, 2.24) is 10.2 Å². The number of rotatable bonds is 1. The molecule has 2 heteroatoms. The van der Waals surface area contributed by atoms with Crippen LogP contribution in [0, 0.1) is 0 Å². The molecule has 0 saturated carbocycles. The maximum Gasteiger partial charge on any atom is 0.0277 e. The van der Waals surface area contributed by atoms with Gasteiger partial charge in [-0.15, -0.1) is 0 Å². The molecule has 1 heterocycles. The maximum absolute atomic E-state index is 3.46.